The van der Waals surface area contributed by atoms with Crippen LogP contribution < -0.4 is 0 Å². The number of halogens is 2. The highest BCUT2D eigenvalue weighted by Crippen LogP contribution is 2.24. The lowest BCUT2D eigenvalue weighted by Crippen LogP contribution is -2.30. The number of thiophene rings is 1. The van der Waals surface area contributed by atoms with Crippen molar-refractivity contribution in [2.45, 2.75) is 18.0 Å². The molecular weight excluding hydrogens is 356 g/mol. The van der Waals surface area contributed by atoms with Gasteiger partial charge in [-0.1, -0.05) is 6.07 Å². The second-order valence-electron chi connectivity index (χ2n) is 5.09. The molecule has 0 saturated carbocycles. The lowest BCUT2D eigenvalue weighted by Gasteiger charge is -2.21. The van der Waals surface area contributed by atoms with Crippen molar-refractivity contribution in [3.63, 3.8) is 0 Å². The Kier molecular flexibility index (Phi) is 4.79. The Morgan fingerprint density at radius 2 is 1.83 bits per heavy atom. The van der Waals surface area contributed by atoms with Crippen molar-refractivity contribution < 1.29 is 21.6 Å². The van der Waals surface area contributed by atoms with Gasteiger partial charge in [0.1, 0.15) is 11.6 Å². The minimum Gasteiger partial charge on any atom is -0.472 e. The maximum absolute atomic E-state index is 13.4. The van der Waals surface area contributed by atoms with Gasteiger partial charge in [0.15, 0.2) is 0 Å². The summed E-state index contributed by atoms with van der Waals surface area (Å²) in [7, 11) is -4.08. The van der Waals surface area contributed by atoms with E-state index in [0.717, 1.165) is 21.3 Å². The maximum Gasteiger partial charge on any atom is 0.243 e. The molecule has 8 heteroatoms. The average Bonchev–Trinajstić information content (AvgIpc) is 3.19. The van der Waals surface area contributed by atoms with E-state index in [9.17, 15) is 17.2 Å². The smallest absolute Gasteiger partial charge is 0.243 e. The second-order valence-corrected chi connectivity index (χ2v) is 8.06. The van der Waals surface area contributed by atoms with Gasteiger partial charge in [0, 0.05) is 29.6 Å². The second kappa shape index (κ2) is 6.84. The first-order valence-corrected chi connectivity index (χ1v) is 9.27. The third kappa shape index (κ3) is 3.72. The van der Waals surface area contributed by atoms with Crippen LogP contribution in [0.2, 0.25) is 0 Å². The first-order chi connectivity index (χ1) is 11.4. The largest absolute Gasteiger partial charge is 0.472 e. The molecule has 0 bridgehead atoms. The van der Waals surface area contributed by atoms with Gasteiger partial charge in [-0.25, -0.2) is 17.2 Å². The molecule has 0 unspecified atom stereocenters. The molecule has 3 rings (SSSR count). The fraction of sp³-hybridized carbons (Fsp3) is 0.125. The van der Waals surface area contributed by atoms with Gasteiger partial charge in [-0.2, -0.15) is 4.31 Å². The normalized spacial score (nSPS) is 12.0. The van der Waals surface area contributed by atoms with Crippen LogP contribution in [0.1, 0.15) is 10.4 Å². The molecule has 0 saturated heterocycles. The summed E-state index contributed by atoms with van der Waals surface area (Å²) in [6.07, 6.45) is 2.87. The highest BCUT2D eigenvalue weighted by Gasteiger charge is 2.26. The van der Waals surface area contributed by atoms with Crippen LogP contribution in [0.25, 0.3) is 0 Å². The van der Waals surface area contributed by atoms with Gasteiger partial charge in [-0.05, 0) is 29.6 Å². The maximum atomic E-state index is 13.4. The van der Waals surface area contributed by atoms with E-state index < -0.39 is 26.6 Å². The van der Waals surface area contributed by atoms with E-state index in [1.807, 2.05) is 11.4 Å². The summed E-state index contributed by atoms with van der Waals surface area (Å²) in [4.78, 5) is 0.402. The van der Waals surface area contributed by atoms with Crippen molar-refractivity contribution in [3.05, 3.63) is 76.4 Å². The van der Waals surface area contributed by atoms with Crippen molar-refractivity contribution in [1.82, 2.24) is 4.31 Å². The summed E-state index contributed by atoms with van der Waals surface area (Å²) < 4.78 is 58.7. The third-order valence-electron chi connectivity index (χ3n) is 3.33. The van der Waals surface area contributed by atoms with Gasteiger partial charge in [0.05, 0.1) is 17.4 Å². The van der Waals surface area contributed by atoms with E-state index in [2.05, 4.69) is 0 Å². The predicted octanol–water partition coefficient (Wildman–Crippen LogP) is 4.01. The summed E-state index contributed by atoms with van der Waals surface area (Å²) in [6, 6.07) is 7.52. The van der Waals surface area contributed by atoms with Crippen LogP contribution in [0, 0.1) is 11.6 Å². The van der Waals surface area contributed by atoms with Crippen LogP contribution in [0.5, 0.6) is 0 Å². The molecule has 3 aromatic rings. The number of hydrogen-bond donors (Lipinski definition) is 0. The Labute approximate surface area is 142 Å². The molecule has 0 radical (unpaired) electrons. The molecular formula is C16H13F2NO3S2. The molecule has 126 valence electrons. The molecule has 0 fully saturated rings. The van der Waals surface area contributed by atoms with Crippen molar-refractivity contribution in [1.29, 1.82) is 0 Å². The van der Waals surface area contributed by atoms with E-state index in [-0.39, 0.29) is 13.1 Å². The molecule has 0 N–H and O–H groups in total. The number of nitrogens with zero attached hydrogens (tertiary/aromatic N) is 1. The molecule has 0 aliphatic carbocycles. The fourth-order valence-corrected chi connectivity index (χ4v) is 4.47. The average molecular weight is 369 g/mol. The molecule has 0 amide bonds. The zero-order valence-corrected chi connectivity index (χ0v) is 14.0. The minimum absolute atomic E-state index is 0.0366. The number of sulfonamides is 1. The van der Waals surface area contributed by atoms with Crippen LogP contribution in [0.15, 0.2) is 63.6 Å². The number of furan rings is 1. The predicted molar refractivity (Wildman–Crippen MR) is 85.8 cm³/mol. The SMILES string of the molecule is O=S(=O)(c1cc(F)cc(F)c1)N(Cc1ccoc1)Cc1cccs1. The Bertz CT molecular complexity index is 850. The quantitative estimate of drug-likeness (QED) is 0.660. The van der Waals surface area contributed by atoms with Gasteiger partial charge < -0.3 is 4.42 Å². The lowest BCUT2D eigenvalue weighted by atomic mass is 10.3. The van der Waals surface area contributed by atoms with Crippen molar-refractivity contribution in [2.75, 3.05) is 0 Å². The van der Waals surface area contributed by atoms with Gasteiger partial charge in [0.25, 0.3) is 0 Å². The molecule has 0 spiro atoms. The minimum atomic E-state index is -4.08. The molecule has 1 aromatic carbocycles. The Morgan fingerprint density at radius 1 is 1.08 bits per heavy atom. The standard InChI is InChI=1S/C16H13F2NO3S2/c17-13-6-14(18)8-16(7-13)24(20,21)19(9-12-3-4-22-11-12)10-15-2-1-5-23-15/h1-8,11H,9-10H2. The lowest BCUT2D eigenvalue weighted by molar-refractivity contribution is 0.401. The molecule has 0 atom stereocenters. The molecule has 4 nitrogen and oxygen atoms in total. The van der Waals surface area contributed by atoms with Crippen molar-refractivity contribution >= 4 is 21.4 Å². The first kappa shape index (κ1) is 16.8. The van der Waals surface area contributed by atoms with E-state index in [1.54, 1.807) is 12.1 Å². The highest BCUT2D eigenvalue weighted by atomic mass is 32.2. The van der Waals surface area contributed by atoms with Gasteiger partial charge in [-0.15, -0.1) is 11.3 Å². The summed E-state index contributed by atoms with van der Waals surface area (Å²) in [6.45, 7) is 0.137. The van der Waals surface area contributed by atoms with Crippen LogP contribution in [-0.2, 0) is 23.1 Å². The van der Waals surface area contributed by atoms with Crippen molar-refractivity contribution in [3.8, 4) is 0 Å². The van der Waals surface area contributed by atoms with E-state index >= 15 is 0 Å². The van der Waals surface area contributed by atoms with Gasteiger partial charge in [-0.3, -0.25) is 0 Å². The summed E-state index contributed by atoms with van der Waals surface area (Å²) in [5.74, 6) is -1.87. The molecule has 2 heterocycles. The number of rotatable bonds is 6. The number of hydrogen-bond acceptors (Lipinski definition) is 4. The van der Waals surface area contributed by atoms with E-state index in [0.29, 0.717) is 11.6 Å². The monoisotopic (exact) mass is 369 g/mol. The third-order valence-corrected chi connectivity index (χ3v) is 5.96. The first-order valence-electron chi connectivity index (χ1n) is 6.95. The van der Waals surface area contributed by atoms with Crippen LogP contribution in [-0.4, -0.2) is 12.7 Å². The topological polar surface area (TPSA) is 50.5 Å². The Morgan fingerprint density at radius 3 is 2.42 bits per heavy atom. The summed E-state index contributed by atoms with van der Waals surface area (Å²) in [5.41, 5.74) is 0.645. The molecule has 0 aliphatic rings. The molecule has 2 aromatic heterocycles. The van der Waals surface area contributed by atoms with Crippen LogP contribution in [0.4, 0.5) is 8.78 Å². The summed E-state index contributed by atoms with van der Waals surface area (Å²) >= 11 is 1.40. The zero-order valence-electron chi connectivity index (χ0n) is 12.4. The Hall–Kier alpha value is -2.03. The van der Waals surface area contributed by atoms with Crippen molar-refractivity contribution in [2.24, 2.45) is 0 Å². The number of benzene rings is 1. The summed E-state index contributed by atoms with van der Waals surface area (Å²) in [5, 5.41) is 1.83. The highest BCUT2D eigenvalue weighted by molar-refractivity contribution is 7.89. The molecule has 24 heavy (non-hydrogen) atoms. The van der Waals surface area contributed by atoms with Crippen LogP contribution >= 0.6 is 11.3 Å². The van der Waals surface area contributed by atoms with Gasteiger partial charge >= 0.3 is 0 Å². The molecule has 0 aliphatic heterocycles. The Balaban J connectivity index is 1.98. The van der Waals surface area contributed by atoms with Gasteiger partial charge in [0.2, 0.25) is 10.0 Å². The van der Waals surface area contributed by atoms with Crippen LogP contribution in [0.3, 0.4) is 0 Å². The van der Waals surface area contributed by atoms with E-state index in [1.165, 1.54) is 23.9 Å². The zero-order chi connectivity index (χ0) is 17.2. The van der Waals surface area contributed by atoms with E-state index in [4.69, 9.17) is 4.42 Å². The fourth-order valence-electron chi connectivity index (χ4n) is 2.22.